The number of carbonyl (C=O) groups is 2. The van der Waals surface area contributed by atoms with Crippen LogP contribution in [-0.2, 0) is 17.6 Å². The molecule has 0 fully saturated rings. The Labute approximate surface area is 172 Å². The molecule has 3 rings (SSSR count). The Balaban J connectivity index is 1.74. The highest BCUT2D eigenvalue weighted by atomic mass is 35.5. The lowest BCUT2D eigenvalue weighted by atomic mass is 9.88. The molecule has 0 saturated carbocycles. The van der Waals surface area contributed by atoms with Crippen molar-refractivity contribution in [2.45, 2.75) is 33.1 Å². The first-order chi connectivity index (χ1) is 13.5. The van der Waals surface area contributed by atoms with Crippen LogP contribution in [0.3, 0.4) is 0 Å². The molecular weight excluding hydrogens is 398 g/mol. The number of anilines is 1. The maximum atomic E-state index is 12.5. The molecule has 0 saturated heterocycles. The van der Waals surface area contributed by atoms with E-state index in [0.29, 0.717) is 27.1 Å². The molecule has 2 aromatic rings. The number of hydrogen-bond acceptors (Lipinski definition) is 5. The lowest BCUT2D eigenvalue weighted by Gasteiger charge is -2.18. The van der Waals surface area contributed by atoms with Crippen molar-refractivity contribution in [1.29, 1.82) is 0 Å². The van der Waals surface area contributed by atoms with Crippen LogP contribution in [0.25, 0.3) is 0 Å². The second-order valence-corrected chi connectivity index (χ2v) is 8.13. The number of hydrogen-bond donors (Lipinski definition) is 2. The minimum atomic E-state index is -0.527. The molecule has 1 atom stereocenters. The van der Waals surface area contributed by atoms with E-state index in [1.807, 2.05) is 12.1 Å². The Kier molecular flexibility index (Phi) is 6.70. The number of ether oxygens (including phenoxy) is 1. The van der Waals surface area contributed by atoms with Gasteiger partial charge in [-0.2, -0.15) is 5.10 Å². The van der Waals surface area contributed by atoms with E-state index < -0.39 is 12.0 Å². The highest BCUT2D eigenvalue weighted by Gasteiger charge is 2.29. The van der Waals surface area contributed by atoms with Gasteiger partial charge in [0.05, 0.1) is 18.4 Å². The molecule has 2 N–H and O–H groups in total. The quantitative estimate of drug-likeness (QED) is 0.412. The van der Waals surface area contributed by atoms with E-state index in [1.165, 1.54) is 17.6 Å². The lowest BCUT2D eigenvalue weighted by molar-refractivity contribution is 0.0526. The van der Waals surface area contributed by atoms with E-state index in [4.69, 9.17) is 16.3 Å². The van der Waals surface area contributed by atoms with Gasteiger partial charge < -0.3 is 4.74 Å². The monoisotopic (exact) mass is 419 g/mol. The first kappa shape index (κ1) is 20.4. The van der Waals surface area contributed by atoms with Gasteiger partial charge in [-0.3, -0.25) is 5.32 Å². The van der Waals surface area contributed by atoms with Crippen LogP contribution in [0.5, 0.6) is 0 Å². The van der Waals surface area contributed by atoms with Crippen molar-refractivity contribution < 1.29 is 14.3 Å². The molecule has 0 unspecified atom stereocenters. The second kappa shape index (κ2) is 9.21. The van der Waals surface area contributed by atoms with Crippen LogP contribution in [0.2, 0.25) is 5.02 Å². The zero-order chi connectivity index (χ0) is 20.1. The molecule has 8 heteroatoms. The number of carbonyl (C=O) groups excluding carboxylic acids is 2. The highest BCUT2D eigenvalue weighted by Crippen LogP contribution is 2.40. The number of fused-ring (bicyclic) bond motifs is 1. The molecular formula is C20H22ClN3O3S. The summed E-state index contributed by atoms with van der Waals surface area (Å²) in [7, 11) is 0. The molecule has 1 heterocycles. The minimum Gasteiger partial charge on any atom is -0.462 e. The molecule has 0 aliphatic heterocycles. The molecule has 0 spiro atoms. The zero-order valence-electron chi connectivity index (χ0n) is 15.8. The summed E-state index contributed by atoms with van der Waals surface area (Å²) in [5.74, 6) is 0.160. The van der Waals surface area contributed by atoms with Crippen LogP contribution in [0, 0.1) is 5.92 Å². The average molecular weight is 420 g/mol. The minimum absolute atomic E-state index is 0.285. The summed E-state index contributed by atoms with van der Waals surface area (Å²) in [4.78, 5) is 25.9. The van der Waals surface area contributed by atoms with Gasteiger partial charge in [-0.1, -0.05) is 36.7 Å². The van der Waals surface area contributed by atoms with E-state index in [9.17, 15) is 9.59 Å². The van der Waals surface area contributed by atoms with Crippen molar-refractivity contribution in [1.82, 2.24) is 5.43 Å². The molecule has 1 aliphatic carbocycles. The van der Waals surface area contributed by atoms with Gasteiger partial charge in [0.25, 0.3) is 0 Å². The fourth-order valence-corrected chi connectivity index (χ4v) is 4.71. The average Bonchev–Trinajstić information content (AvgIpc) is 3.00. The number of esters is 1. The Hall–Kier alpha value is -2.38. The van der Waals surface area contributed by atoms with Gasteiger partial charge >= 0.3 is 12.0 Å². The Morgan fingerprint density at radius 1 is 1.39 bits per heavy atom. The van der Waals surface area contributed by atoms with Crippen molar-refractivity contribution >= 4 is 46.2 Å². The third-order valence-corrected chi connectivity index (χ3v) is 6.01. The summed E-state index contributed by atoms with van der Waals surface area (Å²) in [5, 5.41) is 7.71. The van der Waals surface area contributed by atoms with Crippen molar-refractivity contribution in [2.24, 2.45) is 11.0 Å². The number of rotatable bonds is 5. The Bertz CT molecular complexity index is 910. The number of nitrogens with one attached hydrogen (secondary N) is 2. The predicted octanol–water partition coefficient (Wildman–Crippen LogP) is 4.86. The Morgan fingerprint density at radius 3 is 2.93 bits per heavy atom. The standard InChI is InChI=1S/C20H22ClN3O3S/c1-3-27-19(25)17-14-9-8-12(2)10-16(14)28-18(17)23-20(26)24-22-11-13-6-4-5-7-15(13)21/h4-7,11-12H,3,8-10H2,1-2H3,(H2,23,24,26)/b22-11-/t12-/m1/s1. The first-order valence-electron chi connectivity index (χ1n) is 9.15. The number of urea groups is 1. The van der Waals surface area contributed by atoms with E-state index in [-0.39, 0.29) is 6.61 Å². The van der Waals surface area contributed by atoms with Crippen LogP contribution in [-0.4, -0.2) is 24.8 Å². The van der Waals surface area contributed by atoms with Crippen LogP contribution < -0.4 is 10.7 Å². The number of thiophene rings is 1. The van der Waals surface area contributed by atoms with Crippen molar-refractivity contribution in [2.75, 3.05) is 11.9 Å². The SMILES string of the molecule is CCOC(=O)c1c(NC(=O)N/N=C\c2ccccc2Cl)sc2c1CC[C@@H](C)C2. The molecule has 148 valence electrons. The summed E-state index contributed by atoms with van der Waals surface area (Å²) in [6.07, 6.45) is 4.20. The fourth-order valence-electron chi connectivity index (χ4n) is 3.13. The van der Waals surface area contributed by atoms with E-state index in [0.717, 1.165) is 29.7 Å². The van der Waals surface area contributed by atoms with Crippen molar-refractivity contribution in [3.8, 4) is 0 Å². The molecule has 28 heavy (non-hydrogen) atoms. The molecule has 0 radical (unpaired) electrons. The first-order valence-corrected chi connectivity index (χ1v) is 10.3. The molecule has 6 nitrogen and oxygen atoms in total. The third kappa shape index (κ3) is 4.72. The normalized spacial score (nSPS) is 15.9. The highest BCUT2D eigenvalue weighted by molar-refractivity contribution is 7.17. The summed E-state index contributed by atoms with van der Waals surface area (Å²) in [6, 6.07) is 6.65. The molecule has 2 amide bonds. The molecule has 1 aromatic carbocycles. The van der Waals surface area contributed by atoms with Gasteiger partial charge in [-0.15, -0.1) is 11.3 Å². The number of benzene rings is 1. The van der Waals surface area contributed by atoms with Gasteiger partial charge in [0.2, 0.25) is 0 Å². The maximum absolute atomic E-state index is 12.5. The topological polar surface area (TPSA) is 79.8 Å². The maximum Gasteiger partial charge on any atom is 0.341 e. The van der Waals surface area contributed by atoms with Gasteiger partial charge in [0.15, 0.2) is 0 Å². The number of nitrogens with zero attached hydrogens (tertiary/aromatic N) is 1. The third-order valence-electron chi connectivity index (χ3n) is 4.49. The van der Waals surface area contributed by atoms with Crippen LogP contribution in [0.1, 0.15) is 46.6 Å². The summed E-state index contributed by atoms with van der Waals surface area (Å²) in [5.41, 5.74) is 4.57. The van der Waals surface area contributed by atoms with Crippen LogP contribution >= 0.6 is 22.9 Å². The predicted molar refractivity (Wildman–Crippen MR) is 113 cm³/mol. The summed E-state index contributed by atoms with van der Waals surface area (Å²) in [6.45, 7) is 4.24. The largest absolute Gasteiger partial charge is 0.462 e. The molecule has 1 aliphatic rings. The van der Waals surface area contributed by atoms with Crippen molar-refractivity contribution in [3.63, 3.8) is 0 Å². The second-order valence-electron chi connectivity index (χ2n) is 6.62. The van der Waals surface area contributed by atoms with Gasteiger partial charge in [-0.05, 0) is 43.7 Å². The van der Waals surface area contributed by atoms with Gasteiger partial charge in [0, 0.05) is 15.5 Å². The van der Waals surface area contributed by atoms with Gasteiger partial charge in [0.1, 0.15) is 5.00 Å². The van der Waals surface area contributed by atoms with Crippen LogP contribution in [0.15, 0.2) is 29.4 Å². The fraction of sp³-hybridized carbons (Fsp3) is 0.350. The zero-order valence-corrected chi connectivity index (χ0v) is 17.3. The van der Waals surface area contributed by atoms with Gasteiger partial charge in [-0.25, -0.2) is 15.0 Å². The number of hydrazone groups is 1. The molecule has 0 bridgehead atoms. The summed E-state index contributed by atoms with van der Waals surface area (Å²) >= 11 is 7.49. The van der Waals surface area contributed by atoms with Crippen molar-refractivity contribution in [3.05, 3.63) is 50.9 Å². The molecule has 1 aromatic heterocycles. The van der Waals surface area contributed by atoms with E-state index in [2.05, 4.69) is 22.8 Å². The smallest absolute Gasteiger partial charge is 0.341 e. The van der Waals surface area contributed by atoms with Crippen LogP contribution in [0.4, 0.5) is 9.80 Å². The Morgan fingerprint density at radius 2 is 2.18 bits per heavy atom. The summed E-state index contributed by atoms with van der Waals surface area (Å²) < 4.78 is 5.21. The number of amides is 2. The lowest BCUT2D eigenvalue weighted by Crippen LogP contribution is -2.25. The van der Waals surface area contributed by atoms with E-state index in [1.54, 1.807) is 19.1 Å². The number of halogens is 1. The van der Waals surface area contributed by atoms with E-state index >= 15 is 0 Å².